The van der Waals surface area contributed by atoms with E-state index in [9.17, 15) is 0 Å². The van der Waals surface area contributed by atoms with E-state index in [2.05, 4.69) is 168 Å². The van der Waals surface area contributed by atoms with E-state index in [4.69, 9.17) is 0 Å². The topological polar surface area (TPSA) is 4.93 Å². The van der Waals surface area contributed by atoms with Gasteiger partial charge in [0.05, 0.1) is 11.0 Å². The van der Waals surface area contributed by atoms with Crippen molar-refractivity contribution in [3.8, 4) is 39.1 Å². The fourth-order valence-corrected chi connectivity index (χ4v) is 8.53. The molecule has 10 rings (SSSR count). The zero-order chi connectivity index (χ0) is 30.2. The number of aromatic nitrogens is 1. The zero-order valence-corrected chi connectivity index (χ0v) is 25.8. The highest BCUT2D eigenvalue weighted by Gasteiger charge is 2.19. The molecule has 0 spiro atoms. The van der Waals surface area contributed by atoms with Gasteiger partial charge in [-0.05, 0) is 80.6 Å². The van der Waals surface area contributed by atoms with Gasteiger partial charge in [0, 0.05) is 37.0 Å². The minimum Gasteiger partial charge on any atom is -0.309 e. The lowest BCUT2D eigenvalue weighted by Gasteiger charge is -2.21. The van der Waals surface area contributed by atoms with Crippen molar-refractivity contribution in [1.82, 2.24) is 4.57 Å². The average molecular weight is 602 g/mol. The van der Waals surface area contributed by atoms with Crippen LogP contribution < -0.4 is 0 Å². The van der Waals surface area contributed by atoms with Crippen LogP contribution in [0.25, 0.3) is 82.4 Å². The van der Waals surface area contributed by atoms with Gasteiger partial charge < -0.3 is 4.57 Å². The third-order valence-corrected chi connectivity index (χ3v) is 10.7. The van der Waals surface area contributed by atoms with Gasteiger partial charge in [-0.2, -0.15) is 0 Å². The smallest absolute Gasteiger partial charge is 0.0619 e. The van der Waals surface area contributed by atoms with Crippen molar-refractivity contribution in [1.29, 1.82) is 0 Å². The Hall–Kier alpha value is -5.57. The molecular weight excluding hydrogens is 575 g/mol. The molecule has 0 atom stereocenters. The number of benzene rings is 8. The first-order valence-electron chi connectivity index (χ1n) is 15.8. The molecule has 214 valence electrons. The lowest BCUT2D eigenvalue weighted by molar-refractivity contribution is 1.19. The van der Waals surface area contributed by atoms with Gasteiger partial charge in [0.25, 0.3) is 0 Å². The van der Waals surface area contributed by atoms with Crippen molar-refractivity contribution in [2.24, 2.45) is 0 Å². The van der Waals surface area contributed by atoms with Crippen LogP contribution in [0.1, 0.15) is 0 Å². The second-order valence-electron chi connectivity index (χ2n) is 12.1. The Labute approximate surface area is 271 Å². The first-order valence-corrected chi connectivity index (χ1v) is 16.6. The van der Waals surface area contributed by atoms with E-state index >= 15 is 0 Å². The van der Waals surface area contributed by atoms with Gasteiger partial charge in [0.15, 0.2) is 0 Å². The third-order valence-electron chi connectivity index (χ3n) is 9.59. The summed E-state index contributed by atoms with van der Waals surface area (Å²) in [4.78, 5) is 2.66. The van der Waals surface area contributed by atoms with Crippen LogP contribution >= 0.6 is 11.8 Å². The molecule has 0 fully saturated rings. The molecule has 2 heterocycles. The highest BCUT2D eigenvalue weighted by Crippen LogP contribution is 2.48. The standard InChI is InChI=1S/C44H27NS/c1-2-10-35-31(7-1)21-25-38-36-11-3-4-13-40(36)45(44(35)38)34-23-19-29(20-24-34)28-15-17-30(18-16-28)33-22-26-41-39(27-33)37-12-5-8-32-9-6-14-42(46-41)43(32)37/h1-27H. The quantitative estimate of drug-likeness (QED) is 0.195. The maximum atomic E-state index is 2.42. The van der Waals surface area contributed by atoms with Gasteiger partial charge in [-0.15, -0.1) is 0 Å². The molecule has 0 saturated carbocycles. The van der Waals surface area contributed by atoms with E-state index in [1.54, 1.807) is 0 Å². The molecule has 8 aromatic carbocycles. The third kappa shape index (κ3) is 3.84. The van der Waals surface area contributed by atoms with Crippen LogP contribution in [0.2, 0.25) is 0 Å². The van der Waals surface area contributed by atoms with Gasteiger partial charge in [-0.3, -0.25) is 0 Å². The van der Waals surface area contributed by atoms with Crippen molar-refractivity contribution < 1.29 is 0 Å². The summed E-state index contributed by atoms with van der Waals surface area (Å²) in [6, 6.07) is 60.2. The Bertz CT molecular complexity index is 2640. The molecule has 0 unspecified atom stereocenters. The van der Waals surface area contributed by atoms with Gasteiger partial charge in [-0.1, -0.05) is 139 Å². The number of rotatable bonds is 3. The van der Waals surface area contributed by atoms with Gasteiger partial charge >= 0.3 is 0 Å². The van der Waals surface area contributed by atoms with Crippen LogP contribution in [0.4, 0.5) is 0 Å². The predicted octanol–water partition coefficient (Wildman–Crippen LogP) is 12.6. The van der Waals surface area contributed by atoms with Crippen LogP contribution in [0, 0.1) is 0 Å². The van der Waals surface area contributed by atoms with Gasteiger partial charge in [0.2, 0.25) is 0 Å². The van der Waals surface area contributed by atoms with Crippen LogP contribution in [0.3, 0.4) is 0 Å². The molecule has 0 radical (unpaired) electrons. The fourth-order valence-electron chi connectivity index (χ4n) is 7.40. The van der Waals surface area contributed by atoms with Crippen molar-refractivity contribution >= 4 is 55.1 Å². The molecule has 0 saturated heterocycles. The van der Waals surface area contributed by atoms with Crippen LogP contribution in [0.15, 0.2) is 174 Å². The number of hydrogen-bond donors (Lipinski definition) is 0. The summed E-state index contributed by atoms with van der Waals surface area (Å²) < 4.78 is 2.42. The Morgan fingerprint density at radius 2 is 1.04 bits per heavy atom. The van der Waals surface area contributed by atoms with E-state index in [1.807, 2.05) is 11.8 Å². The largest absolute Gasteiger partial charge is 0.309 e. The van der Waals surface area contributed by atoms with E-state index in [0.29, 0.717) is 0 Å². The van der Waals surface area contributed by atoms with E-state index < -0.39 is 0 Å². The van der Waals surface area contributed by atoms with Crippen LogP contribution in [0.5, 0.6) is 0 Å². The highest BCUT2D eigenvalue weighted by atomic mass is 32.2. The Kier molecular flexibility index (Phi) is 5.58. The summed E-state index contributed by atoms with van der Waals surface area (Å²) in [7, 11) is 0. The SMILES string of the molecule is c1cc2c3c(cccc3c1)-c1cc(-c3ccc(-c4ccc(-n5c6ccccc6c6ccc7ccccc7c65)cc4)cc3)ccc1S2. The Morgan fingerprint density at radius 1 is 0.391 bits per heavy atom. The molecule has 2 heteroatoms. The van der Waals surface area contributed by atoms with E-state index in [1.165, 1.54) is 92.2 Å². The maximum absolute atomic E-state index is 2.42. The molecule has 0 N–H and O–H groups in total. The minimum absolute atomic E-state index is 1.17. The van der Waals surface area contributed by atoms with Crippen molar-refractivity contribution in [3.05, 3.63) is 164 Å². The molecule has 0 amide bonds. The van der Waals surface area contributed by atoms with Crippen LogP contribution in [-0.4, -0.2) is 4.57 Å². The number of fused-ring (bicyclic) bond motifs is 7. The molecular formula is C44H27NS. The summed E-state index contributed by atoms with van der Waals surface area (Å²) in [5, 5.41) is 7.78. The van der Waals surface area contributed by atoms with Gasteiger partial charge in [-0.25, -0.2) is 0 Å². The lowest BCUT2D eigenvalue weighted by Crippen LogP contribution is -1.94. The number of nitrogens with zero attached hydrogens (tertiary/aromatic N) is 1. The van der Waals surface area contributed by atoms with E-state index in [-0.39, 0.29) is 0 Å². The average Bonchev–Trinajstić information content (AvgIpc) is 3.47. The fraction of sp³-hybridized carbons (Fsp3) is 0. The molecule has 1 aliphatic heterocycles. The highest BCUT2D eigenvalue weighted by molar-refractivity contribution is 7.99. The molecule has 9 aromatic rings. The summed E-state index contributed by atoms with van der Waals surface area (Å²) in [5.41, 5.74) is 11.2. The van der Waals surface area contributed by atoms with Crippen LogP contribution in [-0.2, 0) is 0 Å². The monoisotopic (exact) mass is 601 g/mol. The normalized spacial score (nSPS) is 12.3. The summed E-state index contributed by atoms with van der Waals surface area (Å²) in [6.45, 7) is 0. The van der Waals surface area contributed by atoms with Crippen molar-refractivity contribution in [2.75, 3.05) is 0 Å². The second-order valence-corrected chi connectivity index (χ2v) is 13.2. The lowest BCUT2D eigenvalue weighted by atomic mass is 9.94. The molecule has 1 aliphatic rings. The molecule has 0 aliphatic carbocycles. The summed E-state index contributed by atoms with van der Waals surface area (Å²) >= 11 is 1.88. The molecule has 1 nitrogen and oxygen atoms in total. The van der Waals surface area contributed by atoms with Crippen molar-refractivity contribution in [2.45, 2.75) is 9.79 Å². The van der Waals surface area contributed by atoms with Gasteiger partial charge in [0.1, 0.15) is 0 Å². The molecule has 46 heavy (non-hydrogen) atoms. The first-order chi connectivity index (χ1) is 22.8. The zero-order valence-electron chi connectivity index (χ0n) is 24.9. The minimum atomic E-state index is 1.17. The maximum Gasteiger partial charge on any atom is 0.0619 e. The number of hydrogen-bond acceptors (Lipinski definition) is 1. The second kappa shape index (κ2) is 9.97. The number of para-hydroxylation sites is 1. The summed E-state index contributed by atoms with van der Waals surface area (Å²) in [6.07, 6.45) is 0. The van der Waals surface area contributed by atoms with Crippen molar-refractivity contribution in [3.63, 3.8) is 0 Å². The Balaban J connectivity index is 1.02. The molecule has 1 aromatic heterocycles. The predicted molar refractivity (Wildman–Crippen MR) is 196 cm³/mol. The first kappa shape index (κ1) is 25.7. The Morgan fingerprint density at radius 3 is 1.87 bits per heavy atom. The van der Waals surface area contributed by atoms with E-state index in [0.717, 1.165) is 0 Å². The summed E-state index contributed by atoms with van der Waals surface area (Å²) in [5.74, 6) is 0. The molecule has 0 bridgehead atoms.